The van der Waals surface area contributed by atoms with Gasteiger partial charge in [0.2, 0.25) is 0 Å². The van der Waals surface area contributed by atoms with E-state index in [0.717, 1.165) is 5.92 Å². The Morgan fingerprint density at radius 1 is 1.00 bits per heavy atom. The fourth-order valence-electron chi connectivity index (χ4n) is 2.77. The fourth-order valence-corrected chi connectivity index (χ4v) is 2.77. The Kier molecular flexibility index (Phi) is 6.32. The molecule has 0 bridgehead atoms. The molecule has 96 valence electrons. The minimum atomic E-state index is -0.147. The molecule has 0 spiro atoms. The molecule has 0 aromatic carbocycles. The molecule has 1 rings (SSSR count). The van der Waals surface area contributed by atoms with Gasteiger partial charge in [0.05, 0.1) is 6.04 Å². The summed E-state index contributed by atoms with van der Waals surface area (Å²) in [5, 5.41) is 3.60. The van der Waals surface area contributed by atoms with E-state index in [1.165, 1.54) is 32.1 Å². The quantitative estimate of drug-likeness (QED) is 0.710. The van der Waals surface area contributed by atoms with E-state index in [0.29, 0.717) is 6.04 Å². The minimum absolute atomic E-state index is 0.147. The van der Waals surface area contributed by atoms with Crippen LogP contribution in [0.25, 0.3) is 0 Å². The zero-order valence-corrected chi connectivity index (χ0v) is 11.2. The first-order valence-corrected chi connectivity index (χ1v) is 6.50. The van der Waals surface area contributed by atoms with Crippen molar-refractivity contribution >= 4 is 0 Å². The molecule has 0 aromatic heterocycles. The van der Waals surface area contributed by atoms with E-state index >= 15 is 0 Å². The maximum atomic E-state index is 5.26. The van der Waals surface area contributed by atoms with Gasteiger partial charge in [-0.05, 0) is 32.6 Å². The monoisotopic (exact) mass is 229 g/mol. The van der Waals surface area contributed by atoms with E-state index in [-0.39, 0.29) is 12.3 Å². The SMILES string of the molecule is COC(OC)C(C)N[C@@H](C)C1CCCCC1. The van der Waals surface area contributed by atoms with E-state index in [1.54, 1.807) is 14.2 Å². The second-order valence-corrected chi connectivity index (χ2v) is 4.98. The molecule has 1 unspecified atom stereocenters. The van der Waals surface area contributed by atoms with Gasteiger partial charge in [0.1, 0.15) is 0 Å². The summed E-state index contributed by atoms with van der Waals surface area (Å²) in [6.45, 7) is 4.41. The highest BCUT2D eigenvalue weighted by Gasteiger charge is 2.24. The van der Waals surface area contributed by atoms with Gasteiger partial charge < -0.3 is 14.8 Å². The van der Waals surface area contributed by atoms with Crippen LogP contribution in [0.4, 0.5) is 0 Å². The number of methoxy groups -OCH3 is 2. The molecule has 3 nitrogen and oxygen atoms in total. The zero-order chi connectivity index (χ0) is 12.0. The van der Waals surface area contributed by atoms with E-state index < -0.39 is 0 Å². The van der Waals surface area contributed by atoms with Crippen LogP contribution < -0.4 is 5.32 Å². The third-order valence-corrected chi connectivity index (χ3v) is 3.76. The summed E-state index contributed by atoms with van der Waals surface area (Å²) < 4.78 is 10.5. The van der Waals surface area contributed by atoms with Gasteiger partial charge in [0.15, 0.2) is 6.29 Å². The van der Waals surface area contributed by atoms with Gasteiger partial charge in [-0.15, -0.1) is 0 Å². The van der Waals surface area contributed by atoms with Gasteiger partial charge >= 0.3 is 0 Å². The Labute approximate surface area is 99.9 Å². The normalized spacial score (nSPS) is 22.3. The Bertz CT molecular complexity index is 177. The molecule has 0 heterocycles. The Balaban J connectivity index is 2.33. The van der Waals surface area contributed by atoms with Crippen molar-refractivity contribution in [2.75, 3.05) is 14.2 Å². The second kappa shape index (κ2) is 7.25. The lowest BCUT2D eigenvalue weighted by Crippen LogP contribution is -2.47. The highest BCUT2D eigenvalue weighted by Crippen LogP contribution is 2.26. The smallest absolute Gasteiger partial charge is 0.171 e. The first kappa shape index (κ1) is 13.9. The van der Waals surface area contributed by atoms with Crippen molar-refractivity contribution in [3.8, 4) is 0 Å². The van der Waals surface area contributed by atoms with Crippen molar-refractivity contribution in [3.05, 3.63) is 0 Å². The molecule has 1 N–H and O–H groups in total. The van der Waals surface area contributed by atoms with E-state index in [2.05, 4.69) is 19.2 Å². The van der Waals surface area contributed by atoms with Crippen LogP contribution in [0.15, 0.2) is 0 Å². The van der Waals surface area contributed by atoms with Crippen LogP contribution in [0.2, 0.25) is 0 Å². The molecule has 1 fully saturated rings. The van der Waals surface area contributed by atoms with Gasteiger partial charge in [-0.2, -0.15) is 0 Å². The lowest BCUT2D eigenvalue weighted by molar-refractivity contribution is -0.121. The highest BCUT2D eigenvalue weighted by atomic mass is 16.7. The Morgan fingerprint density at radius 2 is 1.56 bits per heavy atom. The molecule has 0 amide bonds. The largest absolute Gasteiger partial charge is 0.354 e. The number of nitrogens with one attached hydrogen (secondary N) is 1. The second-order valence-electron chi connectivity index (χ2n) is 4.98. The molecule has 3 heteroatoms. The standard InChI is InChI=1S/C13H27NO2/c1-10(12-8-6-5-7-9-12)14-11(2)13(15-3)16-4/h10-14H,5-9H2,1-4H3/t10-,11?/m0/s1. The van der Waals surface area contributed by atoms with Crippen molar-refractivity contribution in [1.29, 1.82) is 0 Å². The van der Waals surface area contributed by atoms with Crippen LogP contribution in [0.1, 0.15) is 46.0 Å². The number of hydrogen-bond acceptors (Lipinski definition) is 3. The van der Waals surface area contributed by atoms with Crippen LogP contribution in [-0.4, -0.2) is 32.6 Å². The Morgan fingerprint density at radius 3 is 2.06 bits per heavy atom. The molecule has 0 radical (unpaired) electrons. The summed E-state index contributed by atoms with van der Waals surface area (Å²) >= 11 is 0. The summed E-state index contributed by atoms with van der Waals surface area (Å²) in [6.07, 6.45) is 6.78. The minimum Gasteiger partial charge on any atom is -0.354 e. The number of hydrogen-bond donors (Lipinski definition) is 1. The van der Waals surface area contributed by atoms with Crippen LogP contribution in [0.5, 0.6) is 0 Å². The van der Waals surface area contributed by atoms with Gasteiger partial charge in [0.25, 0.3) is 0 Å². The molecule has 0 aromatic rings. The van der Waals surface area contributed by atoms with Crippen molar-refractivity contribution < 1.29 is 9.47 Å². The van der Waals surface area contributed by atoms with Crippen LogP contribution in [0.3, 0.4) is 0 Å². The van der Waals surface area contributed by atoms with Gasteiger partial charge in [-0.3, -0.25) is 0 Å². The summed E-state index contributed by atoms with van der Waals surface area (Å²) in [7, 11) is 3.38. The Hall–Kier alpha value is -0.120. The molecule has 0 aliphatic heterocycles. The first-order chi connectivity index (χ1) is 7.69. The summed E-state index contributed by atoms with van der Waals surface area (Å²) in [6, 6.07) is 0.801. The fraction of sp³-hybridized carbons (Fsp3) is 1.00. The molecule has 16 heavy (non-hydrogen) atoms. The number of ether oxygens (including phenoxy) is 2. The third kappa shape index (κ3) is 4.04. The van der Waals surface area contributed by atoms with Gasteiger partial charge in [-0.25, -0.2) is 0 Å². The third-order valence-electron chi connectivity index (χ3n) is 3.76. The van der Waals surface area contributed by atoms with Crippen molar-refractivity contribution in [2.24, 2.45) is 5.92 Å². The average Bonchev–Trinajstić information content (AvgIpc) is 2.31. The summed E-state index contributed by atoms with van der Waals surface area (Å²) in [5.41, 5.74) is 0. The van der Waals surface area contributed by atoms with Crippen molar-refractivity contribution in [1.82, 2.24) is 5.32 Å². The van der Waals surface area contributed by atoms with Gasteiger partial charge in [-0.1, -0.05) is 19.3 Å². The predicted octanol–water partition coefficient (Wildman–Crippen LogP) is 2.55. The molecule has 0 saturated heterocycles. The van der Waals surface area contributed by atoms with Gasteiger partial charge in [0, 0.05) is 20.3 Å². The van der Waals surface area contributed by atoms with Crippen LogP contribution in [0, 0.1) is 5.92 Å². The van der Waals surface area contributed by atoms with E-state index in [9.17, 15) is 0 Å². The van der Waals surface area contributed by atoms with Crippen molar-refractivity contribution in [2.45, 2.75) is 64.3 Å². The zero-order valence-electron chi connectivity index (χ0n) is 11.2. The average molecular weight is 229 g/mol. The van der Waals surface area contributed by atoms with Crippen LogP contribution in [-0.2, 0) is 9.47 Å². The lowest BCUT2D eigenvalue weighted by atomic mass is 9.84. The van der Waals surface area contributed by atoms with E-state index in [4.69, 9.17) is 9.47 Å². The lowest BCUT2D eigenvalue weighted by Gasteiger charge is -2.32. The molecular weight excluding hydrogens is 202 g/mol. The molecule has 1 saturated carbocycles. The molecule has 2 atom stereocenters. The van der Waals surface area contributed by atoms with Crippen molar-refractivity contribution in [3.63, 3.8) is 0 Å². The molecular formula is C13H27NO2. The maximum absolute atomic E-state index is 5.26. The first-order valence-electron chi connectivity index (χ1n) is 6.50. The van der Waals surface area contributed by atoms with E-state index in [1.807, 2.05) is 0 Å². The molecule has 1 aliphatic rings. The predicted molar refractivity (Wildman–Crippen MR) is 66.4 cm³/mol. The number of rotatable bonds is 6. The summed E-state index contributed by atoms with van der Waals surface area (Å²) in [4.78, 5) is 0. The topological polar surface area (TPSA) is 30.5 Å². The van der Waals surface area contributed by atoms with Crippen LogP contribution >= 0.6 is 0 Å². The highest BCUT2D eigenvalue weighted by molar-refractivity contribution is 4.79. The molecule has 1 aliphatic carbocycles. The summed E-state index contributed by atoms with van der Waals surface area (Å²) in [5.74, 6) is 0.825. The maximum Gasteiger partial charge on any atom is 0.171 e.